The Morgan fingerprint density at radius 3 is 2.53 bits per heavy atom. The first kappa shape index (κ1) is 13.9. The fourth-order valence-corrected chi connectivity index (χ4v) is 3.43. The van der Waals surface area contributed by atoms with Crippen LogP contribution in [0.2, 0.25) is 0 Å². The van der Waals surface area contributed by atoms with E-state index in [1.54, 1.807) is 6.92 Å². The van der Waals surface area contributed by atoms with Crippen LogP contribution in [0.4, 0.5) is 4.79 Å². The number of rotatable bonds is 2. The van der Waals surface area contributed by atoms with E-state index in [-0.39, 0.29) is 36.2 Å². The van der Waals surface area contributed by atoms with Gasteiger partial charge in [0.05, 0.1) is 12.0 Å². The summed E-state index contributed by atoms with van der Waals surface area (Å²) in [5.41, 5.74) is -0.746. The van der Waals surface area contributed by atoms with Gasteiger partial charge in [-0.15, -0.1) is 0 Å². The Morgan fingerprint density at radius 1 is 1.42 bits per heavy atom. The first-order valence-corrected chi connectivity index (χ1v) is 6.97. The molecule has 1 aliphatic carbocycles. The van der Waals surface area contributed by atoms with Crippen LogP contribution in [0.15, 0.2) is 0 Å². The van der Waals surface area contributed by atoms with E-state index in [4.69, 9.17) is 5.26 Å². The molecular weight excluding hydrogens is 242 g/mol. The number of carbonyl (C=O) groups is 2. The van der Waals surface area contributed by atoms with E-state index < -0.39 is 5.54 Å². The third-order valence-electron chi connectivity index (χ3n) is 4.66. The van der Waals surface area contributed by atoms with Gasteiger partial charge in [0, 0.05) is 6.54 Å². The van der Waals surface area contributed by atoms with Crippen molar-refractivity contribution >= 4 is 11.9 Å². The van der Waals surface area contributed by atoms with Gasteiger partial charge in [-0.25, -0.2) is 4.79 Å². The standard InChI is InChI=1S/C14H21N3O2/c1-9(7-15)8-17-12(18)14(16-13(17)19)10(2)5-4-6-11(14)3/h9-11H,4-6,8H2,1-3H3,(H,16,19). The van der Waals surface area contributed by atoms with E-state index >= 15 is 0 Å². The lowest BCUT2D eigenvalue weighted by molar-refractivity contribution is -0.136. The molecule has 1 saturated carbocycles. The molecule has 1 aliphatic heterocycles. The molecule has 0 aromatic carbocycles. The number of nitrogens with zero attached hydrogens (tertiary/aromatic N) is 2. The first-order chi connectivity index (χ1) is 8.93. The summed E-state index contributed by atoms with van der Waals surface area (Å²) in [5.74, 6) is -0.177. The van der Waals surface area contributed by atoms with Crippen molar-refractivity contribution < 1.29 is 9.59 Å². The van der Waals surface area contributed by atoms with Gasteiger partial charge < -0.3 is 5.32 Å². The Hall–Kier alpha value is -1.57. The molecule has 2 aliphatic rings. The van der Waals surface area contributed by atoms with Gasteiger partial charge in [0.25, 0.3) is 5.91 Å². The van der Waals surface area contributed by atoms with E-state index in [1.807, 2.05) is 13.8 Å². The van der Waals surface area contributed by atoms with Gasteiger partial charge in [-0.1, -0.05) is 20.3 Å². The molecule has 19 heavy (non-hydrogen) atoms. The molecule has 2 rings (SSSR count). The molecule has 1 heterocycles. The van der Waals surface area contributed by atoms with Crippen molar-refractivity contribution in [2.75, 3.05) is 6.54 Å². The molecular formula is C14H21N3O2. The molecule has 5 heteroatoms. The topological polar surface area (TPSA) is 73.2 Å². The van der Waals surface area contributed by atoms with Crippen molar-refractivity contribution in [3.63, 3.8) is 0 Å². The molecule has 0 radical (unpaired) electrons. The summed E-state index contributed by atoms with van der Waals surface area (Å²) in [6, 6.07) is 1.73. The third kappa shape index (κ3) is 1.99. The fourth-order valence-electron chi connectivity index (χ4n) is 3.43. The van der Waals surface area contributed by atoms with Crippen molar-refractivity contribution in [1.29, 1.82) is 5.26 Å². The summed E-state index contributed by atoms with van der Waals surface area (Å²) in [7, 11) is 0. The van der Waals surface area contributed by atoms with Crippen LogP contribution in [0, 0.1) is 29.1 Å². The highest BCUT2D eigenvalue weighted by Crippen LogP contribution is 2.42. The van der Waals surface area contributed by atoms with Crippen LogP contribution in [0.1, 0.15) is 40.0 Å². The SMILES string of the molecule is CC(C#N)CN1C(=O)NC2(C1=O)C(C)CCCC2C. The number of urea groups is 1. The molecule has 3 atom stereocenters. The molecule has 2 fully saturated rings. The van der Waals surface area contributed by atoms with Crippen LogP contribution in [0.3, 0.4) is 0 Å². The minimum absolute atomic E-state index is 0.140. The predicted octanol–water partition coefficient (Wildman–Crippen LogP) is 1.89. The van der Waals surface area contributed by atoms with Gasteiger partial charge in [0.2, 0.25) is 0 Å². The van der Waals surface area contributed by atoms with Crippen molar-refractivity contribution in [3.8, 4) is 6.07 Å². The number of nitrogens with one attached hydrogen (secondary N) is 1. The second-order valence-corrected chi connectivity index (χ2v) is 5.98. The number of imide groups is 1. The van der Waals surface area contributed by atoms with Crippen LogP contribution in [0.25, 0.3) is 0 Å². The van der Waals surface area contributed by atoms with Crippen molar-refractivity contribution in [2.24, 2.45) is 17.8 Å². The van der Waals surface area contributed by atoms with Crippen LogP contribution in [-0.2, 0) is 4.79 Å². The van der Waals surface area contributed by atoms with Gasteiger partial charge in [0.15, 0.2) is 0 Å². The van der Waals surface area contributed by atoms with Crippen molar-refractivity contribution in [3.05, 3.63) is 0 Å². The zero-order valence-electron chi connectivity index (χ0n) is 11.8. The van der Waals surface area contributed by atoms with Gasteiger partial charge in [-0.3, -0.25) is 9.69 Å². The van der Waals surface area contributed by atoms with Crippen LogP contribution < -0.4 is 5.32 Å². The van der Waals surface area contributed by atoms with Crippen LogP contribution in [-0.4, -0.2) is 28.9 Å². The molecule has 0 aromatic heterocycles. The van der Waals surface area contributed by atoms with Gasteiger partial charge in [-0.05, 0) is 31.6 Å². The Kier molecular flexibility index (Phi) is 3.53. The lowest BCUT2D eigenvalue weighted by Crippen LogP contribution is -2.58. The predicted molar refractivity (Wildman–Crippen MR) is 69.9 cm³/mol. The Bertz CT molecular complexity index is 430. The normalized spacial score (nSPS) is 36.2. The summed E-state index contributed by atoms with van der Waals surface area (Å²) >= 11 is 0. The molecule has 0 bridgehead atoms. The van der Waals surface area contributed by atoms with E-state index in [2.05, 4.69) is 11.4 Å². The average molecular weight is 263 g/mol. The number of amides is 3. The van der Waals surface area contributed by atoms with Gasteiger partial charge >= 0.3 is 6.03 Å². The highest BCUT2D eigenvalue weighted by atomic mass is 16.2. The monoisotopic (exact) mass is 263 g/mol. The van der Waals surface area contributed by atoms with Gasteiger partial charge in [-0.2, -0.15) is 5.26 Å². The van der Waals surface area contributed by atoms with Crippen molar-refractivity contribution in [1.82, 2.24) is 10.2 Å². The molecule has 0 aromatic rings. The molecule has 3 amide bonds. The third-order valence-corrected chi connectivity index (χ3v) is 4.66. The lowest BCUT2D eigenvalue weighted by atomic mass is 9.67. The highest BCUT2D eigenvalue weighted by Gasteiger charge is 2.58. The number of hydrogen-bond donors (Lipinski definition) is 1. The molecule has 3 unspecified atom stereocenters. The largest absolute Gasteiger partial charge is 0.325 e. The fraction of sp³-hybridized carbons (Fsp3) is 0.786. The Balaban J connectivity index is 2.28. The molecule has 1 spiro atoms. The minimum Gasteiger partial charge on any atom is -0.323 e. The number of nitriles is 1. The quantitative estimate of drug-likeness (QED) is 0.773. The summed E-state index contributed by atoms with van der Waals surface area (Å²) in [6.45, 7) is 5.97. The van der Waals surface area contributed by atoms with Gasteiger partial charge in [0.1, 0.15) is 5.54 Å². The van der Waals surface area contributed by atoms with E-state index in [9.17, 15) is 9.59 Å². The minimum atomic E-state index is -0.746. The summed E-state index contributed by atoms with van der Waals surface area (Å²) in [6.07, 6.45) is 3.01. The average Bonchev–Trinajstić information content (AvgIpc) is 2.62. The summed E-state index contributed by atoms with van der Waals surface area (Å²) < 4.78 is 0. The van der Waals surface area contributed by atoms with E-state index in [0.717, 1.165) is 19.3 Å². The summed E-state index contributed by atoms with van der Waals surface area (Å²) in [4.78, 5) is 26.0. The van der Waals surface area contributed by atoms with Crippen molar-refractivity contribution in [2.45, 2.75) is 45.6 Å². The number of carbonyl (C=O) groups excluding carboxylic acids is 2. The lowest BCUT2D eigenvalue weighted by Gasteiger charge is -2.42. The Morgan fingerprint density at radius 2 is 2.00 bits per heavy atom. The van der Waals surface area contributed by atoms with E-state index in [0.29, 0.717) is 0 Å². The maximum atomic E-state index is 12.7. The maximum absolute atomic E-state index is 12.7. The van der Waals surface area contributed by atoms with Crippen LogP contribution in [0.5, 0.6) is 0 Å². The van der Waals surface area contributed by atoms with E-state index in [1.165, 1.54) is 4.90 Å². The first-order valence-electron chi connectivity index (χ1n) is 6.97. The Labute approximate surface area is 113 Å². The number of hydrogen-bond acceptors (Lipinski definition) is 3. The molecule has 104 valence electrons. The molecule has 5 nitrogen and oxygen atoms in total. The molecule has 1 N–H and O–H groups in total. The maximum Gasteiger partial charge on any atom is 0.325 e. The van der Waals surface area contributed by atoms with Crippen LogP contribution >= 0.6 is 0 Å². The second kappa shape index (κ2) is 4.84. The zero-order chi connectivity index (χ0) is 14.2. The molecule has 1 saturated heterocycles. The second-order valence-electron chi connectivity index (χ2n) is 5.98. The summed E-state index contributed by atoms with van der Waals surface area (Å²) in [5, 5.41) is 11.8. The smallest absolute Gasteiger partial charge is 0.323 e. The zero-order valence-corrected chi connectivity index (χ0v) is 11.8. The highest BCUT2D eigenvalue weighted by molar-refractivity contribution is 6.07.